The summed E-state index contributed by atoms with van der Waals surface area (Å²) in [6.07, 6.45) is 1.82. The van der Waals surface area contributed by atoms with Gasteiger partial charge >= 0.3 is 0 Å². The molecule has 2 N–H and O–H groups in total. The number of nitrogens with one attached hydrogen (secondary N) is 2. The van der Waals surface area contributed by atoms with Gasteiger partial charge in [-0.1, -0.05) is 6.07 Å². The molecule has 0 saturated carbocycles. The lowest BCUT2D eigenvalue weighted by atomic mass is 10.2. The molecule has 25 heavy (non-hydrogen) atoms. The third-order valence-corrected chi connectivity index (χ3v) is 3.43. The Bertz CT molecular complexity index is 722. The second kappa shape index (κ2) is 8.68. The number of pyridine rings is 1. The average Bonchev–Trinajstić information content (AvgIpc) is 2.63. The molecule has 2 aromatic rings. The fourth-order valence-electron chi connectivity index (χ4n) is 2.08. The normalized spacial score (nSPS) is 10.0. The predicted octanol–water partition coefficient (Wildman–Crippen LogP) is 2.17. The van der Waals surface area contributed by atoms with Gasteiger partial charge in [-0.05, 0) is 30.7 Å². The van der Waals surface area contributed by atoms with Gasteiger partial charge in [-0.3, -0.25) is 9.59 Å². The Labute approximate surface area is 146 Å². The first-order valence-corrected chi connectivity index (χ1v) is 7.75. The number of carbonyl (C=O) groups is 2. The number of carbonyl (C=O) groups excluding carboxylic acids is 2. The highest BCUT2D eigenvalue weighted by molar-refractivity contribution is 5.95. The van der Waals surface area contributed by atoms with Crippen LogP contribution in [0.15, 0.2) is 36.5 Å². The molecule has 0 aliphatic rings. The molecule has 7 heteroatoms. The van der Waals surface area contributed by atoms with Crippen LogP contribution < -0.4 is 20.1 Å². The lowest BCUT2D eigenvalue weighted by Crippen LogP contribution is -2.27. The van der Waals surface area contributed by atoms with Gasteiger partial charge < -0.3 is 20.1 Å². The van der Waals surface area contributed by atoms with Crippen molar-refractivity contribution < 1.29 is 19.1 Å². The molecule has 0 aliphatic heterocycles. The number of rotatable bonds is 7. The molecule has 1 aromatic heterocycles. The van der Waals surface area contributed by atoms with Gasteiger partial charge in [0.1, 0.15) is 17.3 Å². The lowest BCUT2D eigenvalue weighted by molar-refractivity contribution is -0.116. The van der Waals surface area contributed by atoms with Gasteiger partial charge in [-0.15, -0.1) is 0 Å². The summed E-state index contributed by atoms with van der Waals surface area (Å²) in [6.45, 7) is 2.12. The number of ether oxygens (including phenoxy) is 2. The number of hydrogen-bond acceptors (Lipinski definition) is 5. The van der Waals surface area contributed by atoms with Crippen molar-refractivity contribution in [3.05, 3.63) is 47.7 Å². The van der Waals surface area contributed by atoms with E-state index in [1.165, 1.54) is 14.2 Å². The molecule has 0 spiro atoms. The van der Waals surface area contributed by atoms with Crippen LogP contribution >= 0.6 is 0 Å². The van der Waals surface area contributed by atoms with Gasteiger partial charge in [0.15, 0.2) is 0 Å². The van der Waals surface area contributed by atoms with Crippen molar-refractivity contribution in [1.82, 2.24) is 10.3 Å². The second-order valence-corrected chi connectivity index (χ2v) is 5.38. The summed E-state index contributed by atoms with van der Waals surface area (Å²) < 4.78 is 10.3. The largest absolute Gasteiger partial charge is 0.497 e. The molecule has 7 nitrogen and oxygen atoms in total. The van der Waals surface area contributed by atoms with Crippen molar-refractivity contribution in [3.8, 4) is 11.5 Å². The first-order chi connectivity index (χ1) is 12.0. The molecule has 132 valence electrons. The van der Waals surface area contributed by atoms with Crippen molar-refractivity contribution in [2.24, 2.45) is 0 Å². The zero-order valence-electron chi connectivity index (χ0n) is 14.5. The summed E-state index contributed by atoms with van der Waals surface area (Å²) in [7, 11) is 3.03. The van der Waals surface area contributed by atoms with E-state index in [2.05, 4.69) is 15.6 Å². The molecule has 0 atom stereocenters. The van der Waals surface area contributed by atoms with Crippen molar-refractivity contribution in [3.63, 3.8) is 0 Å². The van der Waals surface area contributed by atoms with E-state index in [-0.39, 0.29) is 24.8 Å². The molecule has 0 unspecified atom stereocenters. The van der Waals surface area contributed by atoms with E-state index < -0.39 is 0 Å². The van der Waals surface area contributed by atoms with Crippen molar-refractivity contribution in [2.75, 3.05) is 26.1 Å². The van der Waals surface area contributed by atoms with Gasteiger partial charge in [-0.2, -0.15) is 0 Å². The Morgan fingerprint density at radius 2 is 1.76 bits per heavy atom. The van der Waals surface area contributed by atoms with E-state index in [4.69, 9.17) is 9.47 Å². The number of benzene rings is 1. The molecule has 0 saturated heterocycles. The summed E-state index contributed by atoms with van der Waals surface area (Å²) >= 11 is 0. The highest BCUT2D eigenvalue weighted by Gasteiger charge is 2.10. The van der Waals surface area contributed by atoms with Crippen LogP contribution in [-0.2, 0) is 4.79 Å². The molecule has 0 radical (unpaired) electrons. The van der Waals surface area contributed by atoms with Crippen molar-refractivity contribution >= 4 is 17.6 Å². The standard InChI is InChI=1S/C18H21N3O4/c1-12-4-5-16(20-11-12)21-17(22)6-7-19-18(23)13-8-14(24-2)10-15(9-13)25-3/h4-5,8-11H,6-7H2,1-3H3,(H,19,23)(H,20,21,22). The summed E-state index contributed by atoms with van der Waals surface area (Å²) in [6, 6.07) is 8.48. The maximum Gasteiger partial charge on any atom is 0.251 e. The Morgan fingerprint density at radius 1 is 1.08 bits per heavy atom. The van der Waals surface area contributed by atoms with Gasteiger partial charge in [-0.25, -0.2) is 4.98 Å². The predicted molar refractivity (Wildman–Crippen MR) is 94.1 cm³/mol. The highest BCUT2D eigenvalue weighted by Crippen LogP contribution is 2.22. The van der Waals surface area contributed by atoms with Crippen molar-refractivity contribution in [2.45, 2.75) is 13.3 Å². The fourth-order valence-corrected chi connectivity index (χ4v) is 2.08. The van der Waals surface area contributed by atoms with E-state index in [0.717, 1.165) is 5.56 Å². The Hall–Kier alpha value is -3.09. The van der Waals surface area contributed by atoms with E-state index >= 15 is 0 Å². The van der Waals surface area contributed by atoms with E-state index in [9.17, 15) is 9.59 Å². The number of aryl methyl sites for hydroxylation is 1. The minimum Gasteiger partial charge on any atom is -0.497 e. The van der Waals surface area contributed by atoms with Crippen LogP contribution in [0.25, 0.3) is 0 Å². The Balaban J connectivity index is 1.85. The minimum absolute atomic E-state index is 0.141. The summed E-state index contributed by atoms with van der Waals surface area (Å²) in [5, 5.41) is 5.37. The smallest absolute Gasteiger partial charge is 0.251 e. The number of aromatic nitrogens is 1. The first kappa shape index (κ1) is 18.3. The van der Waals surface area contributed by atoms with Gasteiger partial charge in [0.25, 0.3) is 5.91 Å². The second-order valence-electron chi connectivity index (χ2n) is 5.38. The molecule has 2 amide bonds. The molecule has 1 aromatic carbocycles. The van der Waals surface area contributed by atoms with E-state index in [1.807, 2.05) is 13.0 Å². The van der Waals surface area contributed by atoms with Crippen LogP contribution in [0, 0.1) is 6.92 Å². The van der Waals surface area contributed by atoms with Gasteiger partial charge in [0, 0.05) is 30.8 Å². The molecule has 0 fully saturated rings. The van der Waals surface area contributed by atoms with E-state index in [0.29, 0.717) is 22.9 Å². The maximum atomic E-state index is 12.2. The molecular formula is C18H21N3O4. The zero-order chi connectivity index (χ0) is 18.2. The number of anilines is 1. The Kier molecular flexibility index (Phi) is 6.33. The molecule has 0 bridgehead atoms. The van der Waals surface area contributed by atoms with Gasteiger partial charge in [0.05, 0.1) is 14.2 Å². The quantitative estimate of drug-likeness (QED) is 0.804. The Morgan fingerprint density at radius 3 is 2.32 bits per heavy atom. The monoisotopic (exact) mass is 343 g/mol. The zero-order valence-corrected chi connectivity index (χ0v) is 14.5. The van der Waals surface area contributed by atoms with Crippen LogP contribution in [0.1, 0.15) is 22.3 Å². The summed E-state index contributed by atoms with van der Waals surface area (Å²) in [5.74, 6) is 0.998. The van der Waals surface area contributed by atoms with Crippen LogP contribution in [0.3, 0.4) is 0 Å². The van der Waals surface area contributed by atoms with Crippen LogP contribution in [0.4, 0.5) is 5.82 Å². The van der Waals surface area contributed by atoms with Gasteiger partial charge in [0.2, 0.25) is 5.91 Å². The first-order valence-electron chi connectivity index (χ1n) is 7.75. The van der Waals surface area contributed by atoms with Crippen LogP contribution in [0.2, 0.25) is 0 Å². The number of amides is 2. The third kappa shape index (κ3) is 5.49. The van der Waals surface area contributed by atoms with Crippen LogP contribution in [0.5, 0.6) is 11.5 Å². The maximum absolute atomic E-state index is 12.2. The lowest BCUT2D eigenvalue weighted by Gasteiger charge is -2.09. The average molecular weight is 343 g/mol. The topological polar surface area (TPSA) is 89.5 Å². The molecule has 0 aliphatic carbocycles. The number of nitrogens with zero attached hydrogens (tertiary/aromatic N) is 1. The minimum atomic E-state index is -0.307. The fraction of sp³-hybridized carbons (Fsp3) is 0.278. The third-order valence-electron chi connectivity index (χ3n) is 3.43. The van der Waals surface area contributed by atoms with E-state index in [1.54, 1.807) is 30.5 Å². The summed E-state index contributed by atoms with van der Waals surface area (Å²) in [4.78, 5) is 28.2. The SMILES string of the molecule is COc1cc(OC)cc(C(=O)NCCC(=O)Nc2ccc(C)cn2)c1. The molecular weight excluding hydrogens is 322 g/mol. The molecule has 1 heterocycles. The molecule has 2 rings (SSSR count). The van der Waals surface area contributed by atoms with Crippen molar-refractivity contribution in [1.29, 1.82) is 0 Å². The highest BCUT2D eigenvalue weighted by atomic mass is 16.5. The summed E-state index contributed by atoms with van der Waals surface area (Å²) in [5.41, 5.74) is 1.41. The number of hydrogen-bond donors (Lipinski definition) is 2. The van der Waals surface area contributed by atoms with Crippen LogP contribution in [-0.4, -0.2) is 37.6 Å². The number of methoxy groups -OCH3 is 2.